The van der Waals surface area contributed by atoms with E-state index in [0.717, 1.165) is 24.3 Å². The fourth-order valence-electron chi connectivity index (χ4n) is 1.62. The van der Waals surface area contributed by atoms with Crippen LogP contribution < -0.4 is 5.32 Å². The van der Waals surface area contributed by atoms with Gasteiger partial charge in [0, 0.05) is 16.5 Å². The van der Waals surface area contributed by atoms with Crippen molar-refractivity contribution in [2.24, 2.45) is 5.92 Å². The third-order valence-corrected chi connectivity index (χ3v) is 4.73. The highest BCUT2D eigenvalue weighted by atomic mass is 35.5. The van der Waals surface area contributed by atoms with Crippen molar-refractivity contribution < 1.29 is 4.79 Å². The molecule has 0 aliphatic heterocycles. The van der Waals surface area contributed by atoms with Crippen LogP contribution >= 0.6 is 35.0 Å². The van der Waals surface area contributed by atoms with Gasteiger partial charge in [0.25, 0.3) is 0 Å². The van der Waals surface area contributed by atoms with E-state index in [2.05, 4.69) is 19.2 Å². The molecule has 0 aliphatic rings. The van der Waals surface area contributed by atoms with Crippen molar-refractivity contribution in [1.29, 1.82) is 0 Å². The lowest BCUT2D eigenvalue weighted by Gasteiger charge is -2.13. The molecule has 0 bridgehead atoms. The molecule has 0 saturated heterocycles. The summed E-state index contributed by atoms with van der Waals surface area (Å²) in [6.45, 7) is 5.03. The lowest BCUT2D eigenvalue weighted by molar-refractivity contribution is -0.118. The van der Waals surface area contributed by atoms with Crippen LogP contribution in [0.2, 0.25) is 10.0 Å². The summed E-state index contributed by atoms with van der Waals surface area (Å²) in [6, 6.07) is 5.26. The fraction of sp³-hybridized carbons (Fsp3) is 0.500. The van der Waals surface area contributed by atoms with Crippen LogP contribution in [0.3, 0.4) is 0 Å². The number of amides is 1. The van der Waals surface area contributed by atoms with Crippen molar-refractivity contribution in [2.75, 3.05) is 12.3 Å². The highest BCUT2D eigenvalue weighted by Gasteiger charge is 2.08. The summed E-state index contributed by atoms with van der Waals surface area (Å²) in [5.41, 5.74) is 0. The summed E-state index contributed by atoms with van der Waals surface area (Å²) < 4.78 is 0. The molecule has 1 aromatic rings. The van der Waals surface area contributed by atoms with Gasteiger partial charge in [0.05, 0.1) is 10.8 Å². The Bertz CT molecular complexity index is 422. The van der Waals surface area contributed by atoms with Gasteiger partial charge in [0.2, 0.25) is 5.91 Å². The van der Waals surface area contributed by atoms with Gasteiger partial charge in [-0.15, -0.1) is 11.8 Å². The lowest BCUT2D eigenvalue weighted by atomic mass is 10.0. The van der Waals surface area contributed by atoms with Crippen LogP contribution in [-0.2, 0) is 4.79 Å². The minimum absolute atomic E-state index is 0.0351. The quantitative estimate of drug-likeness (QED) is 0.742. The van der Waals surface area contributed by atoms with Gasteiger partial charge in [0.1, 0.15) is 0 Å². The number of hydrogen-bond acceptors (Lipinski definition) is 2. The molecule has 0 aliphatic carbocycles. The minimum Gasteiger partial charge on any atom is -0.355 e. The van der Waals surface area contributed by atoms with Crippen molar-refractivity contribution in [2.45, 2.75) is 31.6 Å². The third-order valence-electron chi connectivity index (χ3n) is 2.99. The zero-order valence-electron chi connectivity index (χ0n) is 11.2. The van der Waals surface area contributed by atoms with Crippen molar-refractivity contribution >= 4 is 40.9 Å². The second kappa shape index (κ2) is 8.72. The lowest BCUT2D eigenvalue weighted by Crippen LogP contribution is -2.30. The second-order valence-corrected chi connectivity index (χ2v) is 6.21. The maximum atomic E-state index is 11.7. The van der Waals surface area contributed by atoms with Crippen molar-refractivity contribution in [3.8, 4) is 0 Å². The first-order chi connectivity index (χ1) is 9.06. The summed E-state index contributed by atoms with van der Waals surface area (Å²) >= 11 is 13.3. The number of carbonyl (C=O) groups excluding carboxylic acids is 1. The maximum Gasteiger partial charge on any atom is 0.230 e. The van der Waals surface area contributed by atoms with Gasteiger partial charge in [-0.3, -0.25) is 4.79 Å². The van der Waals surface area contributed by atoms with Gasteiger partial charge in [-0.25, -0.2) is 0 Å². The molecule has 106 valence electrons. The average Bonchev–Trinajstić information content (AvgIpc) is 2.41. The Morgan fingerprint density at radius 1 is 1.32 bits per heavy atom. The topological polar surface area (TPSA) is 29.1 Å². The molecule has 0 atom stereocenters. The molecule has 0 saturated carbocycles. The Kier molecular flexibility index (Phi) is 7.66. The molecule has 1 N–H and O–H groups in total. The molecule has 1 amide bonds. The van der Waals surface area contributed by atoms with Gasteiger partial charge >= 0.3 is 0 Å². The summed E-state index contributed by atoms with van der Waals surface area (Å²) in [5.74, 6) is 0.955. The standard InChI is InChI=1S/C14H19Cl2NOS/c1-3-10(4-2)8-17-14(18)9-19-13-7-11(15)5-6-12(13)16/h5-7,10H,3-4,8-9H2,1-2H3,(H,17,18). The van der Waals surface area contributed by atoms with E-state index in [-0.39, 0.29) is 5.91 Å². The molecule has 0 heterocycles. The van der Waals surface area contributed by atoms with Gasteiger partial charge in [0.15, 0.2) is 0 Å². The van der Waals surface area contributed by atoms with Gasteiger partial charge in [-0.1, -0.05) is 49.9 Å². The number of thioether (sulfide) groups is 1. The number of nitrogens with one attached hydrogen (secondary N) is 1. The second-order valence-electron chi connectivity index (χ2n) is 4.35. The van der Waals surface area contributed by atoms with E-state index >= 15 is 0 Å². The monoisotopic (exact) mass is 319 g/mol. The predicted octanol–water partition coefficient (Wildman–Crippen LogP) is 4.64. The third kappa shape index (κ3) is 6.07. The van der Waals surface area contributed by atoms with E-state index in [1.54, 1.807) is 18.2 Å². The first kappa shape index (κ1) is 16.7. The van der Waals surface area contributed by atoms with Gasteiger partial charge < -0.3 is 5.32 Å². The summed E-state index contributed by atoms with van der Waals surface area (Å²) in [5, 5.41) is 4.21. The van der Waals surface area contributed by atoms with Crippen LogP contribution in [-0.4, -0.2) is 18.2 Å². The van der Waals surface area contributed by atoms with Crippen LogP contribution in [0.4, 0.5) is 0 Å². The van der Waals surface area contributed by atoms with Crippen LogP contribution in [0, 0.1) is 5.92 Å². The maximum absolute atomic E-state index is 11.7. The summed E-state index contributed by atoms with van der Waals surface area (Å²) in [6.07, 6.45) is 2.17. The Hall–Kier alpha value is -0.380. The summed E-state index contributed by atoms with van der Waals surface area (Å²) in [4.78, 5) is 12.6. The Morgan fingerprint density at radius 3 is 2.63 bits per heavy atom. The van der Waals surface area contributed by atoms with Gasteiger partial charge in [-0.05, 0) is 24.1 Å². The summed E-state index contributed by atoms with van der Waals surface area (Å²) in [7, 11) is 0. The first-order valence-electron chi connectivity index (χ1n) is 6.41. The van der Waals surface area contributed by atoms with E-state index in [1.165, 1.54) is 11.8 Å². The molecule has 0 fully saturated rings. The SMILES string of the molecule is CCC(CC)CNC(=O)CSc1cc(Cl)ccc1Cl. The molecular formula is C14H19Cl2NOS. The zero-order chi connectivity index (χ0) is 14.3. The smallest absolute Gasteiger partial charge is 0.230 e. The Morgan fingerprint density at radius 2 is 2.00 bits per heavy atom. The Labute approximate surface area is 129 Å². The number of rotatable bonds is 7. The normalized spacial score (nSPS) is 10.8. The largest absolute Gasteiger partial charge is 0.355 e. The highest BCUT2D eigenvalue weighted by Crippen LogP contribution is 2.29. The molecule has 0 unspecified atom stereocenters. The van der Waals surface area contributed by atoms with Crippen molar-refractivity contribution in [3.63, 3.8) is 0 Å². The number of halogens is 2. The predicted molar refractivity (Wildman–Crippen MR) is 84.3 cm³/mol. The van der Waals surface area contributed by atoms with Crippen LogP contribution in [0.5, 0.6) is 0 Å². The molecule has 19 heavy (non-hydrogen) atoms. The molecule has 0 radical (unpaired) electrons. The molecular weight excluding hydrogens is 301 g/mol. The van der Waals surface area contributed by atoms with Crippen LogP contribution in [0.15, 0.2) is 23.1 Å². The van der Waals surface area contributed by atoms with Crippen molar-refractivity contribution in [1.82, 2.24) is 5.32 Å². The van der Waals surface area contributed by atoms with E-state index < -0.39 is 0 Å². The number of hydrogen-bond donors (Lipinski definition) is 1. The van der Waals surface area contributed by atoms with Crippen LogP contribution in [0.1, 0.15) is 26.7 Å². The average molecular weight is 320 g/mol. The number of benzene rings is 1. The number of carbonyl (C=O) groups is 1. The van der Waals surface area contributed by atoms with E-state index in [1.807, 2.05) is 0 Å². The molecule has 5 heteroatoms. The molecule has 1 aromatic carbocycles. The van der Waals surface area contributed by atoms with E-state index in [4.69, 9.17) is 23.2 Å². The van der Waals surface area contributed by atoms with E-state index in [0.29, 0.717) is 21.7 Å². The van der Waals surface area contributed by atoms with E-state index in [9.17, 15) is 4.79 Å². The minimum atomic E-state index is 0.0351. The molecule has 2 nitrogen and oxygen atoms in total. The zero-order valence-corrected chi connectivity index (χ0v) is 13.5. The molecule has 1 rings (SSSR count). The molecule has 0 aromatic heterocycles. The highest BCUT2D eigenvalue weighted by molar-refractivity contribution is 8.00. The first-order valence-corrected chi connectivity index (χ1v) is 8.15. The van der Waals surface area contributed by atoms with Gasteiger partial charge in [-0.2, -0.15) is 0 Å². The molecule has 0 spiro atoms. The van der Waals surface area contributed by atoms with Crippen molar-refractivity contribution in [3.05, 3.63) is 28.2 Å². The fourth-order valence-corrected chi connectivity index (χ4v) is 2.94. The van der Waals surface area contributed by atoms with Crippen LogP contribution in [0.25, 0.3) is 0 Å². The Balaban J connectivity index is 2.39.